The molecule has 5 rings (SSSR count). The second-order valence-electron chi connectivity index (χ2n) is 8.41. The van der Waals surface area contributed by atoms with Crippen molar-refractivity contribution in [3.63, 3.8) is 0 Å². The summed E-state index contributed by atoms with van der Waals surface area (Å²) in [6.07, 6.45) is -4.64. The summed E-state index contributed by atoms with van der Waals surface area (Å²) in [5.41, 5.74) is 2.41. The van der Waals surface area contributed by atoms with E-state index in [0.29, 0.717) is 22.6 Å². The van der Waals surface area contributed by atoms with Crippen molar-refractivity contribution in [2.45, 2.75) is 26.1 Å². The molecule has 0 fully saturated rings. The van der Waals surface area contributed by atoms with Crippen LogP contribution in [0.3, 0.4) is 0 Å². The number of halogens is 3. The van der Waals surface area contributed by atoms with Gasteiger partial charge in [-0.15, -0.1) is 0 Å². The van der Waals surface area contributed by atoms with Crippen molar-refractivity contribution in [1.82, 2.24) is 14.6 Å². The molecule has 0 aliphatic rings. The average molecular weight is 491 g/mol. The minimum atomic E-state index is -4.44. The number of aryl methyl sites for hydroxylation is 1. The van der Waals surface area contributed by atoms with Gasteiger partial charge in [-0.05, 0) is 41.0 Å². The number of carbonyl (C=O) groups excluding carboxylic acids is 1. The molecule has 0 aliphatic heterocycles. The molecular formula is C27H20F3N3O3. The Kier molecular flexibility index (Phi) is 5.83. The lowest BCUT2D eigenvalue weighted by Crippen LogP contribution is -2.17. The maximum atomic E-state index is 12.8. The van der Waals surface area contributed by atoms with Crippen molar-refractivity contribution in [2.24, 2.45) is 0 Å². The fraction of sp³-hybridized carbons (Fsp3) is 0.148. The zero-order valence-corrected chi connectivity index (χ0v) is 19.1. The molecule has 0 amide bonds. The van der Waals surface area contributed by atoms with E-state index >= 15 is 0 Å². The summed E-state index contributed by atoms with van der Waals surface area (Å²) in [7, 11) is 0. The summed E-state index contributed by atoms with van der Waals surface area (Å²) in [5.74, 6) is -0.630. The molecule has 36 heavy (non-hydrogen) atoms. The van der Waals surface area contributed by atoms with E-state index in [1.165, 1.54) is 22.7 Å². The number of fused-ring (bicyclic) bond motifs is 2. The lowest BCUT2D eigenvalue weighted by atomic mass is 9.98. The van der Waals surface area contributed by atoms with Crippen molar-refractivity contribution in [2.75, 3.05) is 0 Å². The van der Waals surface area contributed by atoms with Gasteiger partial charge in [-0.1, -0.05) is 54.6 Å². The van der Waals surface area contributed by atoms with Gasteiger partial charge in [0.05, 0.1) is 23.4 Å². The maximum absolute atomic E-state index is 12.8. The zero-order valence-electron chi connectivity index (χ0n) is 19.1. The minimum absolute atomic E-state index is 0.197. The normalized spacial score (nSPS) is 11.8. The number of rotatable bonds is 5. The van der Waals surface area contributed by atoms with Crippen LogP contribution in [0.4, 0.5) is 13.2 Å². The highest BCUT2D eigenvalue weighted by molar-refractivity contribution is 6.00. The topological polar surface area (TPSA) is 76.5 Å². The Balaban J connectivity index is 1.40. The molecule has 0 radical (unpaired) electrons. The van der Waals surface area contributed by atoms with Gasteiger partial charge in [0.2, 0.25) is 0 Å². The predicted molar refractivity (Wildman–Crippen MR) is 128 cm³/mol. The Morgan fingerprint density at radius 2 is 1.75 bits per heavy atom. The van der Waals surface area contributed by atoms with Gasteiger partial charge >= 0.3 is 12.1 Å². The summed E-state index contributed by atoms with van der Waals surface area (Å²) in [4.78, 5) is 28.2. The number of esters is 1. The van der Waals surface area contributed by atoms with Gasteiger partial charge in [-0.25, -0.2) is 0 Å². The quantitative estimate of drug-likeness (QED) is 0.332. The molecule has 0 bridgehead atoms. The van der Waals surface area contributed by atoms with Crippen LogP contribution in [-0.4, -0.2) is 20.6 Å². The number of hydrogen-bond acceptors (Lipinski definition) is 4. The molecule has 0 saturated carbocycles. The molecule has 5 aromatic rings. The third kappa shape index (κ3) is 4.47. The highest BCUT2D eigenvalue weighted by Gasteiger charge is 2.30. The molecule has 0 aliphatic carbocycles. The smallest absolute Gasteiger partial charge is 0.416 e. The summed E-state index contributed by atoms with van der Waals surface area (Å²) >= 11 is 0. The van der Waals surface area contributed by atoms with E-state index in [9.17, 15) is 22.8 Å². The number of ether oxygens (including phenoxy) is 1. The fourth-order valence-corrected chi connectivity index (χ4v) is 4.23. The van der Waals surface area contributed by atoms with Gasteiger partial charge in [-0.3, -0.25) is 9.59 Å². The van der Waals surface area contributed by atoms with Crippen LogP contribution in [0.5, 0.6) is 0 Å². The Hall–Kier alpha value is -4.40. The lowest BCUT2D eigenvalue weighted by Gasteiger charge is -2.09. The average Bonchev–Trinajstić information content (AvgIpc) is 3.18. The van der Waals surface area contributed by atoms with Gasteiger partial charge in [0.1, 0.15) is 12.3 Å². The van der Waals surface area contributed by atoms with Crippen molar-refractivity contribution < 1.29 is 22.7 Å². The first-order valence-corrected chi connectivity index (χ1v) is 11.1. The molecular weight excluding hydrogens is 471 g/mol. The van der Waals surface area contributed by atoms with Gasteiger partial charge in [0.25, 0.3) is 5.56 Å². The van der Waals surface area contributed by atoms with E-state index in [4.69, 9.17) is 4.74 Å². The molecule has 0 saturated heterocycles. The monoisotopic (exact) mass is 491 g/mol. The molecule has 0 spiro atoms. The number of nitrogens with zero attached hydrogens (tertiary/aromatic N) is 2. The number of alkyl halides is 3. The van der Waals surface area contributed by atoms with E-state index in [0.717, 1.165) is 34.0 Å². The van der Waals surface area contributed by atoms with Crippen LogP contribution in [-0.2, 0) is 28.7 Å². The first-order valence-electron chi connectivity index (χ1n) is 11.1. The molecule has 0 unspecified atom stereocenters. The van der Waals surface area contributed by atoms with Crippen molar-refractivity contribution in [1.29, 1.82) is 0 Å². The van der Waals surface area contributed by atoms with Crippen LogP contribution in [0, 0.1) is 6.92 Å². The van der Waals surface area contributed by atoms with Crippen LogP contribution < -0.4 is 5.56 Å². The van der Waals surface area contributed by atoms with E-state index in [1.807, 2.05) is 49.4 Å². The first-order chi connectivity index (χ1) is 17.2. The van der Waals surface area contributed by atoms with Crippen LogP contribution >= 0.6 is 0 Å². The molecule has 1 N–H and O–H groups in total. The van der Waals surface area contributed by atoms with E-state index in [-0.39, 0.29) is 18.6 Å². The summed E-state index contributed by atoms with van der Waals surface area (Å²) in [5, 5.41) is 6.45. The van der Waals surface area contributed by atoms with Gasteiger partial charge < -0.3 is 9.72 Å². The standard InChI is InChI=1S/C27H20F3N3O3/c1-16-25(22-8-4-6-18-5-2-3-7-21(18)22)26-31-20(14-23(34)33(26)32-16)15-36-24(35)13-17-9-11-19(12-10-17)27(28,29)30/h2-12,14,31H,13,15H2,1H3. The second-order valence-corrected chi connectivity index (χ2v) is 8.41. The van der Waals surface area contributed by atoms with Crippen LogP contribution in [0.15, 0.2) is 77.6 Å². The first kappa shape index (κ1) is 23.3. The minimum Gasteiger partial charge on any atom is -0.459 e. The number of aromatic amines is 1. The number of hydrogen-bond donors (Lipinski definition) is 1. The highest BCUT2D eigenvalue weighted by atomic mass is 19.4. The maximum Gasteiger partial charge on any atom is 0.416 e. The molecule has 3 aromatic carbocycles. The number of benzene rings is 3. The molecule has 2 heterocycles. The number of nitrogens with one attached hydrogen (secondary N) is 1. The van der Waals surface area contributed by atoms with Gasteiger partial charge in [0.15, 0.2) is 0 Å². The Morgan fingerprint density at radius 1 is 1.03 bits per heavy atom. The van der Waals surface area contributed by atoms with Gasteiger partial charge in [-0.2, -0.15) is 22.8 Å². The summed E-state index contributed by atoms with van der Waals surface area (Å²) in [6.45, 7) is 1.62. The Bertz CT molecular complexity index is 1650. The fourth-order valence-electron chi connectivity index (χ4n) is 4.23. The van der Waals surface area contributed by atoms with Crippen molar-refractivity contribution >= 4 is 22.4 Å². The molecule has 6 nitrogen and oxygen atoms in total. The lowest BCUT2D eigenvalue weighted by molar-refractivity contribution is -0.144. The summed E-state index contributed by atoms with van der Waals surface area (Å²) in [6, 6.07) is 19.4. The van der Waals surface area contributed by atoms with Crippen molar-refractivity contribution in [3.8, 4) is 11.1 Å². The zero-order chi connectivity index (χ0) is 25.4. The SMILES string of the molecule is Cc1nn2c(=O)cc(COC(=O)Cc3ccc(C(F)(F)F)cc3)[nH]c2c1-c1cccc2ccccc12. The molecule has 2 aromatic heterocycles. The molecule has 9 heteroatoms. The Labute approximate surface area is 203 Å². The van der Waals surface area contributed by atoms with E-state index < -0.39 is 17.7 Å². The molecule has 182 valence electrons. The highest BCUT2D eigenvalue weighted by Crippen LogP contribution is 2.33. The third-order valence-corrected chi connectivity index (χ3v) is 5.92. The second kappa shape index (κ2) is 8.99. The Morgan fingerprint density at radius 3 is 2.50 bits per heavy atom. The van der Waals surface area contributed by atoms with Crippen LogP contribution in [0.1, 0.15) is 22.5 Å². The number of carbonyl (C=O) groups is 1. The largest absolute Gasteiger partial charge is 0.459 e. The number of aromatic nitrogens is 3. The third-order valence-electron chi connectivity index (χ3n) is 5.92. The number of H-pyrrole nitrogens is 1. The van der Waals surface area contributed by atoms with Crippen LogP contribution in [0.2, 0.25) is 0 Å². The van der Waals surface area contributed by atoms with Gasteiger partial charge in [0, 0.05) is 11.6 Å². The van der Waals surface area contributed by atoms with Crippen LogP contribution in [0.25, 0.3) is 27.5 Å². The van der Waals surface area contributed by atoms with E-state index in [1.54, 1.807) is 0 Å². The van der Waals surface area contributed by atoms with E-state index in [2.05, 4.69) is 10.1 Å². The van der Waals surface area contributed by atoms with Crippen molar-refractivity contribution in [3.05, 3.63) is 106 Å². The molecule has 0 atom stereocenters. The predicted octanol–water partition coefficient (Wildman–Crippen LogP) is 5.46. The summed E-state index contributed by atoms with van der Waals surface area (Å²) < 4.78 is 44.7.